The van der Waals surface area contributed by atoms with Gasteiger partial charge in [-0.3, -0.25) is 9.08 Å². The summed E-state index contributed by atoms with van der Waals surface area (Å²) in [4.78, 5) is 14.9. The van der Waals surface area contributed by atoms with Gasteiger partial charge in [0.15, 0.2) is 0 Å². The Morgan fingerprint density at radius 3 is 2.35 bits per heavy atom. The summed E-state index contributed by atoms with van der Waals surface area (Å²) in [5.74, 6) is 0.298. The number of rotatable bonds is 9. The van der Waals surface area contributed by atoms with E-state index in [9.17, 15) is 13.2 Å². The second-order valence-corrected chi connectivity index (χ2v) is 11.2. The second kappa shape index (κ2) is 10.9. The third-order valence-electron chi connectivity index (χ3n) is 5.85. The molecule has 0 unspecified atom stereocenters. The first-order valence-corrected chi connectivity index (χ1v) is 13.0. The fourth-order valence-electron chi connectivity index (χ4n) is 4.25. The van der Waals surface area contributed by atoms with Gasteiger partial charge in [0.1, 0.15) is 12.3 Å². The van der Waals surface area contributed by atoms with Crippen LogP contribution < -0.4 is 0 Å². The molecule has 1 heterocycles. The van der Waals surface area contributed by atoms with Crippen molar-refractivity contribution in [3.63, 3.8) is 0 Å². The highest BCUT2D eigenvalue weighted by Gasteiger charge is 2.50. The summed E-state index contributed by atoms with van der Waals surface area (Å²) in [7, 11) is -3.87. The number of carbonyl (C=O) groups is 1. The number of ether oxygens (including phenoxy) is 2. The monoisotopic (exact) mass is 489 g/mol. The Hall–Kier alpha value is -2.42. The highest BCUT2D eigenvalue weighted by atomic mass is 32.2. The average Bonchev–Trinajstić information content (AvgIpc) is 3.01. The van der Waals surface area contributed by atoms with Crippen LogP contribution in [-0.2, 0) is 30.4 Å². The lowest BCUT2D eigenvalue weighted by Gasteiger charge is -2.33. The smallest absolute Gasteiger partial charge is 0.412 e. The van der Waals surface area contributed by atoms with Crippen LogP contribution in [0.3, 0.4) is 0 Å². The van der Waals surface area contributed by atoms with Crippen molar-refractivity contribution in [3.8, 4) is 0 Å². The Kier molecular flexibility index (Phi) is 8.38. The molecule has 7 nitrogen and oxygen atoms in total. The Balaban J connectivity index is 1.67. The fraction of sp³-hybridized carbons (Fsp3) is 0.500. The van der Waals surface area contributed by atoms with Crippen molar-refractivity contribution in [2.24, 2.45) is 5.92 Å². The number of carbonyl (C=O) groups excluding carboxylic acids is 1. The van der Waals surface area contributed by atoms with E-state index in [1.165, 1.54) is 12.1 Å². The summed E-state index contributed by atoms with van der Waals surface area (Å²) in [5, 5.41) is 0. The molecule has 8 heteroatoms. The van der Waals surface area contributed by atoms with E-state index < -0.39 is 21.9 Å². The summed E-state index contributed by atoms with van der Waals surface area (Å²) in [6.45, 7) is 9.83. The van der Waals surface area contributed by atoms with E-state index in [1.54, 1.807) is 17.0 Å². The van der Waals surface area contributed by atoms with Crippen molar-refractivity contribution in [1.82, 2.24) is 4.90 Å². The van der Waals surface area contributed by atoms with Crippen LogP contribution in [0.2, 0.25) is 0 Å². The molecule has 1 saturated heterocycles. The molecule has 1 aliphatic heterocycles. The minimum Gasteiger partial charge on any atom is -0.444 e. The van der Waals surface area contributed by atoms with Crippen LogP contribution in [0.25, 0.3) is 0 Å². The molecule has 0 saturated carbocycles. The van der Waals surface area contributed by atoms with Gasteiger partial charge in [-0.15, -0.1) is 0 Å². The van der Waals surface area contributed by atoms with Crippen LogP contribution in [0, 0.1) is 12.8 Å². The number of benzene rings is 2. The summed E-state index contributed by atoms with van der Waals surface area (Å²) >= 11 is 0. The van der Waals surface area contributed by atoms with Gasteiger partial charge in [0.25, 0.3) is 10.1 Å². The quantitative estimate of drug-likeness (QED) is 0.446. The molecule has 0 radical (unpaired) electrons. The second-order valence-electron chi connectivity index (χ2n) is 9.59. The number of nitrogens with zero attached hydrogens (tertiary/aromatic N) is 1. The van der Waals surface area contributed by atoms with E-state index in [4.69, 9.17) is 13.7 Å². The topological polar surface area (TPSA) is 82.1 Å². The van der Waals surface area contributed by atoms with Crippen molar-refractivity contribution in [2.75, 3.05) is 6.61 Å². The summed E-state index contributed by atoms with van der Waals surface area (Å²) < 4.78 is 42.2. The van der Waals surface area contributed by atoms with Crippen molar-refractivity contribution >= 4 is 16.2 Å². The molecule has 1 aliphatic rings. The highest BCUT2D eigenvalue weighted by Crippen LogP contribution is 2.37. The van der Waals surface area contributed by atoms with E-state index in [2.05, 4.69) is 13.8 Å². The van der Waals surface area contributed by atoms with Gasteiger partial charge in [0, 0.05) is 6.42 Å². The molecular formula is C26H35NO6S. The molecule has 0 N–H and O–H groups in total. The zero-order valence-electron chi connectivity index (χ0n) is 20.6. The molecule has 0 aromatic heterocycles. The van der Waals surface area contributed by atoms with Gasteiger partial charge in [-0.1, -0.05) is 61.9 Å². The van der Waals surface area contributed by atoms with Crippen molar-refractivity contribution < 1.29 is 26.9 Å². The van der Waals surface area contributed by atoms with E-state index in [1.807, 2.05) is 51.1 Å². The predicted molar refractivity (Wildman–Crippen MR) is 130 cm³/mol. The van der Waals surface area contributed by atoms with E-state index in [0.717, 1.165) is 11.1 Å². The highest BCUT2D eigenvalue weighted by molar-refractivity contribution is 7.86. The first kappa shape index (κ1) is 26.2. The summed E-state index contributed by atoms with van der Waals surface area (Å²) in [5.41, 5.74) is 0.977. The third-order valence-corrected chi connectivity index (χ3v) is 7.17. The molecule has 1 amide bonds. The standard InChI is InChI=1S/C26H35NO6S/c1-19(2)17-23-24(15-16-32-34(29,30)22-13-11-20(3)12-14-22)33-26(4,5)27(23)25(28)31-18-21-9-7-6-8-10-21/h6-14,19,23-24H,15-18H2,1-5H3/t23-,24-/m0/s1. The maximum atomic E-state index is 13.1. The van der Waals surface area contributed by atoms with Crippen LogP contribution in [0.15, 0.2) is 59.5 Å². The van der Waals surface area contributed by atoms with E-state index in [-0.39, 0.29) is 30.3 Å². The minimum absolute atomic E-state index is 0.0432. The number of hydrogen-bond donors (Lipinski definition) is 0. The lowest BCUT2D eigenvalue weighted by Crippen LogP contribution is -2.49. The Morgan fingerprint density at radius 2 is 1.74 bits per heavy atom. The lowest BCUT2D eigenvalue weighted by atomic mass is 9.97. The minimum atomic E-state index is -3.87. The van der Waals surface area contributed by atoms with Gasteiger partial charge in [-0.2, -0.15) is 8.42 Å². The molecule has 1 fully saturated rings. The van der Waals surface area contributed by atoms with Crippen LogP contribution in [0.5, 0.6) is 0 Å². The van der Waals surface area contributed by atoms with Gasteiger partial charge in [-0.05, 0) is 50.8 Å². The maximum Gasteiger partial charge on any atom is 0.412 e. The van der Waals surface area contributed by atoms with Crippen molar-refractivity contribution in [2.45, 2.75) is 76.8 Å². The van der Waals surface area contributed by atoms with Crippen LogP contribution >= 0.6 is 0 Å². The first-order chi connectivity index (χ1) is 16.0. The van der Waals surface area contributed by atoms with E-state index >= 15 is 0 Å². The zero-order valence-corrected chi connectivity index (χ0v) is 21.4. The van der Waals surface area contributed by atoms with Crippen LogP contribution in [0.1, 0.15) is 51.7 Å². The molecular weight excluding hydrogens is 454 g/mol. The Morgan fingerprint density at radius 1 is 1.09 bits per heavy atom. The van der Waals surface area contributed by atoms with Crippen molar-refractivity contribution in [1.29, 1.82) is 0 Å². The SMILES string of the molecule is Cc1ccc(S(=O)(=O)OCC[C@@H]2OC(C)(C)N(C(=O)OCc3ccccc3)[C@H]2CC(C)C)cc1. The number of aryl methyl sites for hydroxylation is 1. The molecule has 2 atom stereocenters. The average molecular weight is 490 g/mol. The van der Waals surface area contributed by atoms with Crippen molar-refractivity contribution in [3.05, 3.63) is 65.7 Å². The molecule has 3 rings (SSSR count). The molecule has 0 spiro atoms. The third kappa shape index (κ3) is 6.58. The normalized spacial score (nSPS) is 20.0. The first-order valence-electron chi connectivity index (χ1n) is 11.6. The molecule has 2 aromatic carbocycles. The summed E-state index contributed by atoms with van der Waals surface area (Å²) in [6.07, 6.45) is 0.193. The zero-order chi connectivity index (χ0) is 24.9. The maximum absolute atomic E-state index is 13.1. The molecule has 0 bridgehead atoms. The van der Waals surface area contributed by atoms with E-state index in [0.29, 0.717) is 18.8 Å². The van der Waals surface area contributed by atoms with Gasteiger partial charge in [-0.25, -0.2) is 4.79 Å². The van der Waals surface area contributed by atoms with Gasteiger partial charge >= 0.3 is 6.09 Å². The molecule has 0 aliphatic carbocycles. The Labute approximate surface area is 203 Å². The van der Waals surface area contributed by atoms with Crippen LogP contribution in [-0.4, -0.2) is 43.9 Å². The fourth-order valence-corrected chi connectivity index (χ4v) is 5.18. The lowest BCUT2D eigenvalue weighted by molar-refractivity contribution is -0.0736. The van der Waals surface area contributed by atoms with Gasteiger partial charge in [0.05, 0.1) is 23.6 Å². The Bertz CT molecular complexity index is 1050. The molecule has 186 valence electrons. The molecule has 34 heavy (non-hydrogen) atoms. The van der Waals surface area contributed by atoms with Crippen LogP contribution in [0.4, 0.5) is 4.79 Å². The molecule has 2 aromatic rings. The predicted octanol–water partition coefficient (Wildman–Crippen LogP) is 5.28. The largest absolute Gasteiger partial charge is 0.444 e. The number of amides is 1. The summed E-state index contributed by atoms with van der Waals surface area (Å²) in [6, 6.07) is 15.8. The van der Waals surface area contributed by atoms with Gasteiger partial charge < -0.3 is 9.47 Å². The van der Waals surface area contributed by atoms with Gasteiger partial charge in [0.2, 0.25) is 0 Å². The number of hydrogen-bond acceptors (Lipinski definition) is 6.